The third-order valence-electron chi connectivity index (χ3n) is 3.27. The monoisotopic (exact) mass is 368 g/mol. The normalized spacial score (nSPS) is 14.1. The maximum absolute atomic E-state index is 12.1. The molecule has 2 N–H and O–H groups in total. The number of thiazole rings is 1. The van der Waals surface area contributed by atoms with Gasteiger partial charge in [0.1, 0.15) is 0 Å². The summed E-state index contributed by atoms with van der Waals surface area (Å²) in [6, 6.07) is 5.41. The number of nitrogens with zero attached hydrogens (tertiary/aromatic N) is 2. The lowest BCUT2D eigenvalue weighted by Crippen LogP contribution is -2.39. The minimum absolute atomic E-state index is 0.255. The van der Waals surface area contributed by atoms with Crippen molar-refractivity contribution in [2.24, 2.45) is 4.99 Å². The lowest BCUT2D eigenvalue weighted by molar-refractivity contribution is -0.110. The van der Waals surface area contributed by atoms with Crippen molar-refractivity contribution in [1.29, 1.82) is 0 Å². The molecule has 2 aromatic rings. The number of rotatable bonds is 4. The molecule has 0 spiro atoms. The first kappa shape index (κ1) is 16.2. The quantitative estimate of drug-likeness (QED) is 0.869. The third-order valence-corrected chi connectivity index (χ3v) is 4.77. The number of hydrogen-bond acceptors (Lipinski definition) is 5. The van der Waals surface area contributed by atoms with Gasteiger partial charge in [-0.15, -0.1) is 11.3 Å². The highest BCUT2D eigenvalue weighted by atomic mass is 35.5. The predicted octanol–water partition coefficient (Wildman–Crippen LogP) is 3.37. The number of nitrogens with one attached hydrogen (secondary N) is 2. The zero-order valence-electron chi connectivity index (χ0n) is 12.1. The van der Waals surface area contributed by atoms with Gasteiger partial charge >= 0.3 is 0 Å². The Hall–Kier alpha value is -1.63. The molecule has 23 heavy (non-hydrogen) atoms. The Balaban J connectivity index is 1.66. The van der Waals surface area contributed by atoms with Crippen LogP contribution in [0, 0.1) is 0 Å². The van der Waals surface area contributed by atoms with Crippen LogP contribution in [-0.2, 0) is 11.2 Å². The van der Waals surface area contributed by atoms with Gasteiger partial charge in [0.2, 0.25) is 0 Å². The molecule has 0 fully saturated rings. The minimum atomic E-state index is -0.255. The summed E-state index contributed by atoms with van der Waals surface area (Å²) in [5.41, 5.74) is 0.968. The fourth-order valence-corrected chi connectivity index (χ4v) is 3.45. The molecular weight excluding hydrogens is 355 g/mol. The largest absolute Gasteiger partial charge is 0.366 e. The summed E-state index contributed by atoms with van der Waals surface area (Å²) >= 11 is 13.5. The topological polar surface area (TPSA) is 66.4 Å². The fraction of sp³-hybridized carbons (Fsp3) is 0.267. The number of halogens is 2. The van der Waals surface area contributed by atoms with Crippen LogP contribution in [0.15, 0.2) is 29.4 Å². The van der Waals surface area contributed by atoms with Crippen molar-refractivity contribution in [3.63, 3.8) is 0 Å². The Morgan fingerprint density at radius 3 is 3.00 bits per heavy atom. The van der Waals surface area contributed by atoms with E-state index in [9.17, 15) is 4.79 Å². The number of amidine groups is 1. The second kappa shape index (κ2) is 7.29. The van der Waals surface area contributed by atoms with E-state index < -0.39 is 0 Å². The van der Waals surface area contributed by atoms with E-state index in [1.807, 2.05) is 6.07 Å². The molecule has 3 rings (SSSR count). The van der Waals surface area contributed by atoms with Gasteiger partial charge in [0, 0.05) is 40.6 Å². The Morgan fingerprint density at radius 1 is 1.39 bits per heavy atom. The van der Waals surface area contributed by atoms with Gasteiger partial charge in [0.05, 0.1) is 0 Å². The molecular formula is C15H14Cl2N4OS. The predicted molar refractivity (Wildman–Crippen MR) is 94.9 cm³/mol. The Bertz CT molecular complexity index is 760. The van der Waals surface area contributed by atoms with Gasteiger partial charge in [-0.25, -0.2) is 4.98 Å². The number of hydrogen-bond donors (Lipinski definition) is 2. The molecule has 0 atom stereocenters. The van der Waals surface area contributed by atoms with E-state index >= 15 is 0 Å². The lowest BCUT2D eigenvalue weighted by atomic mass is 10.1. The summed E-state index contributed by atoms with van der Waals surface area (Å²) in [5, 5.41) is 7.52. The van der Waals surface area contributed by atoms with Gasteiger partial charge in [0.25, 0.3) is 5.91 Å². The summed E-state index contributed by atoms with van der Waals surface area (Å²) in [5.74, 6) is 0.115. The Morgan fingerprint density at radius 2 is 2.26 bits per heavy atom. The van der Waals surface area contributed by atoms with E-state index in [0.29, 0.717) is 34.0 Å². The number of carbonyl (C=O) groups is 1. The Labute approximate surface area is 147 Å². The number of aliphatic imine (C=N–C) groups is 1. The Kier molecular flexibility index (Phi) is 5.15. The molecule has 1 aromatic carbocycles. The van der Waals surface area contributed by atoms with E-state index in [4.69, 9.17) is 23.2 Å². The summed E-state index contributed by atoms with van der Waals surface area (Å²) in [4.78, 5) is 21.4. The molecule has 0 bridgehead atoms. The molecule has 1 aliphatic heterocycles. The van der Waals surface area contributed by atoms with Gasteiger partial charge < -0.3 is 5.32 Å². The van der Waals surface area contributed by atoms with Crippen molar-refractivity contribution in [3.05, 3.63) is 44.9 Å². The first-order chi connectivity index (χ1) is 11.1. The van der Waals surface area contributed by atoms with Crippen molar-refractivity contribution >= 4 is 51.4 Å². The molecule has 1 aromatic heterocycles. The minimum Gasteiger partial charge on any atom is -0.366 e. The van der Waals surface area contributed by atoms with Gasteiger partial charge in [-0.2, -0.15) is 0 Å². The second-order valence-corrected chi connectivity index (χ2v) is 6.97. The van der Waals surface area contributed by atoms with Gasteiger partial charge in [-0.1, -0.05) is 29.3 Å². The fourth-order valence-electron chi connectivity index (χ4n) is 2.14. The number of carbonyl (C=O) groups excluding carboxylic acids is 1. The maximum atomic E-state index is 12.1. The van der Waals surface area contributed by atoms with Crippen LogP contribution in [0.25, 0.3) is 0 Å². The molecule has 0 aliphatic carbocycles. The van der Waals surface area contributed by atoms with Crippen LogP contribution < -0.4 is 10.6 Å². The van der Waals surface area contributed by atoms with Crippen molar-refractivity contribution in [1.82, 2.24) is 10.3 Å². The van der Waals surface area contributed by atoms with Crippen LogP contribution in [0.3, 0.4) is 0 Å². The molecule has 8 heteroatoms. The molecule has 0 unspecified atom stereocenters. The number of amides is 1. The molecule has 5 nitrogen and oxygen atoms in total. The van der Waals surface area contributed by atoms with Crippen molar-refractivity contribution in [2.45, 2.75) is 12.8 Å². The maximum Gasteiger partial charge on any atom is 0.292 e. The zero-order valence-corrected chi connectivity index (χ0v) is 14.4. The van der Waals surface area contributed by atoms with E-state index in [0.717, 1.165) is 23.4 Å². The summed E-state index contributed by atoms with van der Waals surface area (Å²) in [7, 11) is 0. The van der Waals surface area contributed by atoms with E-state index in [1.54, 1.807) is 18.3 Å². The number of anilines is 1. The average Bonchev–Trinajstić information content (AvgIpc) is 2.98. The van der Waals surface area contributed by atoms with Crippen molar-refractivity contribution in [2.75, 3.05) is 18.4 Å². The van der Waals surface area contributed by atoms with Gasteiger partial charge in [0.15, 0.2) is 11.0 Å². The summed E-state index contributed by atoms with van der Waals surface area (Å²) in [6.07, 6.45) is 3.32. The van der Waals surface area contributed by atoms with Crippen LogP contribution in [0.1, 0.15) is 16.9 Å². The van der Waals surface area contributed by atoms with E-state index in [1.165, 1.54) is 11.3 Å². The number of benzene rings is 1. The van der Waals surface area contributed by atoms with Crippen LogP contribution in [-0.4, -0.2) is 29.8 Å². The third kappa shape index (κ3) is 4.22. The van der Waals surface area contributed by atoms with Crippen molar-refractivity contribution < 1.29 is 4.79 Å². The molecule has 1 aliphatic rings. The van der Waals surface area contributed by atoms with Gasteiger partial charge in [-0.3, -0.25) is 15.1 Å². The second-order valence-electron chi connectivity index (χ2n) is 5.01. The zero-order chi connectivity index (χ0) is 16.2. The SMILES string of the molecule is O=C(Nc1ncc(Cc2ccc(Cl)cc2Cl)s1)C1=NCCCN1. The highest BCUT2D eigenvalue weighted by Gasteiger charge is 2.15. The number of aromatic nitrogens is 1. The lowest BCUT2D eigenvalue weighted by Gasteiger charge is -2.12. The first-order valence-electron chi connectivity index (χ1n) is 7.10. The molecule has 2 heterocycles. The van der Waals surface area contributed by atoms with Crippen molar-refractivity contribution in [3.8, 4) is 0 Å². The van der Waals surface area contributed by atoms with Crippen LogP contribution >= 0.6 is 34.5 Å². The smallest absolute Gasteiger partial charge is 0.292 e. The molecule has 0 saturated heterocycles. The van der Waals surface area contributed by atoms with Crippen LogP contribution in [0.2, 0.25) is 10.0 Å². The van der Waals surface area contributed by atoms with E-state index in [-0.39, 0.29) is 5.91 Å². The molecule has 1 amide bonds. The van der Waals surface area contributed by atoms with Crippen LogP contribution in [0.4, 0.5) is 5.13 Å². The average molecular weight is 369 g/mol. The molecule has 120 valence electrons. The van der Waals surface area contributed by atoms with E-state index in [2.05, 4.69) is 20.6 Å². The highest BCUT2D eigenvalue weighted by molar-refractivity contribution is 7.15. The standard InChI is InChI=1S/C15H14Cl2N4OS/c16-10-3-2-9(12(17)7-10)6-11-8-20-15(23-11)21-14(22)13-18-4-1-5-19-13/h2-3,7-8H,1,4-6H2,(H,18,19)(H,20,21,22). The summed E-state index contributed by atoms with van der Waals surface area (Å²) in [6.45, 7) is 1.44. The highest BCUT2D eigenvalue weighted by Crippen LogP contribution is 2.26. The molecule has 0 saturated carbocycles. The van der Waals surface area contributed by atoms with Crippen LogP contribution in [0.5, 0.6) is 0 Å². The first-order valence-corrected chi connectivity index (χ1v) is 8.67. The molecule has 0 radical (unpaired) electrons. The van der Waals surface area contributed by atoms with Gasteiger partial charge in [-0.05, 0) is 24.1 Å². The summed E-state index contributed by atoms with van der Waals surface area (Å²) < 4.78 is 0.